The van der Waals surface area contributed by atoms with E-state index in [4.69, 9.17) is 15.7 Å². The Labute approximate surface area is 120 Å². The predicted molar refractivity (Wildman–Crippen MR) is 71.8 cm³/mol. The molecule has 0 spiro atoms. The molecule has 1 fully saturated rings. The van der Waals surface area contributed by atoms with Crippen LogP contribution < -0.4 is 10.6 Å². The smallest absolute Gasteiger partial charge is 0.373 e. The lowest BCUT2D eigenvalue weighted by Crippen LogP contribution is -2.49. The summed E-state index contributed by atoms with van der Waals surface area (Å²) in [6, 6.07) is 4.86. The first kappa shape index (κ1) is 15.6. The molecule has 2 rings (SSSR count). The highest BCUT2D eigenvalue weighted by Crippen LogP contribution is 2.33. The number of morpholine rings is 1. The van der Waals surface area contributed by atoms with Gasteiger partial charge in [0.25, 0.3) is 0 Å². The number of alkyl halides is 3. The third-order valence-corrected chi connectivity index (χ3v) is 3.46. The third kappa shape index (κ3) is 3.46. The van der Waals surface area contributed by atoms with E-state index in [1.54, 1.807) is 0 Å². The van der Waals surface area contributed by atoms with Crippen LogP contribution in [0.1, 0.15) is 18.1 Å². The van der Waals surface area contributed by atoms with E-state index in [-0.39, 0.29) is 17.7 Å². The van der Waals surface area contributed by atoms with Crippen LogP contribution in [0.15, 0.2) is 18.2 Å². The minimum absolute atomic E-state index is 0.00940. The molecule has 0 bridgehead atoms. The van der Waals surface area contributed by atoms with E-state index in [1.807, 2.05) is 17.9 Å². The van der Waals surface area contributed by atoms with Crippen LogP contribution in [0.25, 0.3) is 0 Å². The van der Waals surface area contributed by atoms with Crippen molar-refractivity contribution in [2.75, 3.05) is 24.6 Å². The van der Waals surface area contributed by atoms with Crippen LogP contribution in [0.5, 0.6) is 0 Å². The molecule has 0 amide bonds. The first-order chi connectivity index (χ1) is 9.82. The molecule has 0 saturated carbocycles. The van der Waals surface area contributed by atoms with Crippen molar-refractivity contribution >= 4 is 5.69 Å². The molecule has 1 aliphatic rings. The number of anilines is 1. The fourth-order valence-corrected chi connectivity index (χ4v) is 2.29. The summed E-state index contributed by atoms with van der Waals surface area (Å²) in [6.45, 7) is 3.21. The van der Waals surface area contributed by atoms with E-state index < -0.39 is 11.7 Å². The molecule has 0 aromatic heterocycles. The number of rotatable bonds is 2. The van der Waals surface area contributed by atoms with E-state index in [2.05, 4.69) is 0 Å². The van der Waals surface area contributed by atoms with Crippen molar-refractivity contribution in [3.05, 3.63) is 29.3 Å². The molecule has 1 aromatic rings. The fraction of sp³-hybridized carbons (Fsp3) is 0.500. The van der Waals surface area contributed by atoms with Gasteiger partial charge in [0.05, 0.1) is 29.5 Å². The van der Waals surface area contributed by atoms with Gasteiger partial charge in [0.15, 0.2) is 0 Å². The van der Waals surface area contributed by atoms with Crippen LogP contribution in [-0.4, -0.2) is 31.8 Å². The average Bonchev–Trinajstić information content (AvgIpc) is 2.45. The monoisotopic (exact) mass is 299 g/mol. The lowest BCUT2D eigenvalue weighted by molar-refractivity contribution is -0.137. The Kier molecular flexibility index (Phi) is 4.40. The van der Waals surface area contributed by atoms with Gasteiger partial charge in [-0.25, -0.2) is 0 Å². The van der Waals surface area contributed by atoms with Gasteiger partial charge in [-0.15, -0.1) is 0 Å². The Balaban J connectivity index is 2.30. The molecule has 4 nitrogen and oxygen atoms in total. The standard InChI is InChI=1S/C14H16F3N3O/c1-9(19)13-8-20(4-5-21-13)12-3-2-11(14(15,16)17)6-10(12)7-18/h2-3,6,9,13H,4-5,8,19H2,1H3. The lowest BCUT2D eigenvalue weighted by atomic mass is 10.1. The Hall–Kier alpha value is -1.78. The van der Waals surface area contributed by atoms with Crippen LogP contribution in [0.2, 0.25) is 0 Å². The van der Waals surface area contributed by atoms with Crippen LogP contribution in [0.4, 0.5) is 18.9 Å². The van der Waals surface area contributed by atoms with Crippen molar-refractivity contribution in [1.29, 1.82) is 5.26 Å². The van der Waals surface area contributed by atoms with E-state index in [0.717, 1.165) is 12.1 Å². The Morgan fingerprint density at radius 3 is 2.76 bits per heavy atom. The van der Waals surface area contributed by atoms with Gasteiger partial charge in [-0.3, -0.25) is 0 Å². The average molecular weight is 299 g/mol. The summed E-state index contributed by atoms with van der Waals surface area (Å²) in [5.41, 5.74) is 5.47. The summed E-state index contributed by atoms with van der Waals surface area (Å²) in [5, 5.41) is 9.11. The van der Waals surface area contributed by atoms with Gasteiger partial charge in [-0.2, -0.15) is 18.4 Å². The number of nitriles is 1. The lowest BCUT2D eigenvalue weighted by Gasteiger charge is -2.36. The molecule has 1 saturated heterocycles. The molecule has 1 aliphatic heterocycles. The molecule has 1 heterocycles. The molecule has 0 radical (unpaired) electrons. The fourth-order valence-electron chi connectivity index (χ4n) is 2.29. The highest BCUT2D eigenvalue weighted by molar-refractivity contribution is 5.61. The zero-order chi connectivity index (χ0) is 15.6. The van der Waals surface area contributed by atoms with Crippen molar-refractivity contribution < 1.29 is 17.9 Å². The number of ether oxygens (including phenoxy) is 1. The summed E-state index contributed by atoms with van der Waals surface area (Å²) in [6.07, 6.45) is -4.66. The minimum atomic E-state index is -4.45. The molecule has 114 valence electrons. The SMILES string of the molecule is CC(N)C1CN(c2ccc(C(F)(F)F)cc2C#N)CCO1. The molecule has 1 aromatic carbocycles. The van der Waals surface area contributed by atoms with Gasteiger partial charge in [-0.05, 0) is 25.1 Å². The largest absolute Gasteiger partial charge is 0.416 e. The normalized spacial score (nSPS) is 21.0. The van der Waals surface area contributed by atoms with E-state index in [9.17, 15) is 13.2 Å². The number of nitrogens with two attached hydrogens (primary N) is 1. The van der Waals surface area contributed by atoms with Gasteiger partial charge in [0.1, 0.15) is 6.07 Å². The molecule has 2 atom stereocenters. The summed E-state index contributed by atoms with van der Waals surface area (Å²) >= 11 is 0. The first-order valence-electron chi connectivity index (χ1n) is 6.56. The highest BCUT2D eigenvalue weighted by Gasteiger charge is 2.32. The number of nitrogens with zero attached hydrogens (tertiary/aromatic N) is 2. The maximum atomic E-state index is 12.7. The first-order valence-corrected chi connectivity index (χ1v) is 6.56. The molecular formula is C14H16F3N3O. The Morgan fingerprint density at radius 2 is 2.19 bits per heavy atom. The summed E-state index contributed by atoms with van der Waals surface area (Å²) in [4.78, 5) is 1.84. The summed E-state index contributed by atoms with van der Waals surface area (Å²) in [5.74, 6) is 0. The number of hydrogen-bond donors (Lipinski definition) is 1. The number of halogens is 3. The predicted octanol–water partition coefficient (Wildman–Crippen LogP) is 2.13. The van der Waals surface area contributed by atoms with Gasteiger partial charge < -0.3 is 15.4 Å². The van der Waals surface area contributed by atoms with Gasteiger partial charge in [0.2, 0.25) is 0 Å². The van der Waals surface area contributed by atoms with Crippen LogP contribution in [0.3, 0.4) is 0 Å². The molecule has 0 aliphatic carbocycles. The number of hydrogen-bond acceptors (Lipinski definition) is 4. The summed E-state index contributed by atoms with van der Waals surface area (Å²) in [7, 11) is 0. The maximum Gasteiger partial charge on any atom is 0.416 e. The van der Waals surface area contributed by atoms with Crippen LogP contribution in [0, 0.1) is 11.3 Å². The molecule has 21 heavy (non-hydrogen) atoms. The number of benzene rings is 1. The zero-order valence-corrected chi connectivity index (χ0v) is 11.5. The van der Waals surface area contributed by atoms with Crippen LogP contribution >= 0.6 is 0 Å². The van der Waals surface area contributed by atoms with E-state index in [0.29, 0.717) is 25.4 Å². The second kappa shape index (κ2) is 5.92. The van der Waals surface area contributed by atoms with Gasteiger partial charge in [0, 0.05) is 19.1 Å². The second-order valence-electron chi connectivity index (χ2n) is 5.06. The van der Waals surface area contributed by atoms with Gasteiger partial charge in [-0.1, -0.05) is 0 Å². The maximum absolute atomic E-state index is 12.7. The zero-order valence-electron chi connectivity index (χ0n) is 11.5. The van der Waals surface area contributed by atoms with Gasteiger partial charge >= 0.3 is 6.18 Å². The topological polar surface area (TPSA) is 62.3 Å². The van der Waals surface area contributed by atoms with Crippen LogP contribution in [-0.2, 0) is 10.9 Å². The van der Waals surface area contributed by atoms with Crippen molar-refractivity contribution in [3.63, 3.8) is 0 Å². The highest BCUT2D eigenvalue weighted by atomic mass is 19.4. The molecule has 7 heteroatoms. The molecule has 2 N–H and O–H groups in total. The second-order valence-corrected chi connectivity index (χ2v) is 5.06. The van der Waals surface area contributed by atoms with Crippen molar-refractivity contribution in [2.45, 2.75) is 25.2 Å². The Morgan fingerprint density at radius 1 is 1.48 bits per heavy atom. The summed E-state index contributed by atoms with van der Waals surface area (Å²) < 4.78 is 43.6. The van der Waals surface area contributed by atoms with Crippen molar-refractivity contribution in [3.8, 4) is 6.07 Å². The van der Waals surface area contributed by atoms with E-state index in [1.165, 1.54) is 6.07 Å². The Bertz CT molecular complexity index is 551. The molecule has 2 unspecified atom stereocenters. The van der Waals surface area contributed by atoms with Crippen molar-refractivity contribution in [2.24, 2.45) is 5.73 Å². The minimum Gasteiger partial charge on any atom is -0.373 e. The van der Waals surface area contributed by atoms with Crippen molar-refractivity contribution in [1.82, 2.24) is 0 Å². The third-order valence-electron chi connectivity index (χ3n) is 3.46. The van der Waals surface area contributed by atoms with E-state index >= 15 is 0 Å². The molecular weight excluding hydrogens is 283 g/mol. The quantitative estimate of drug-likeness (QED) is 0.908.